The third-order valence-electron chi connectivity index (χ3n) is 14.2. The SMILES string of the molecule is C1CC2CC3C4C5C6CC7C8CC1C1C9C%10C8C76C5%10C49C231. The third-order valence-corrected chi connectivity index (χ3v) is 14.2. The van der Waals surface area contributed by atoms with Gasteiger partial charge in [-0.2, -0.15) is 0 Å². The molecule has 11 rings (SSSR count). The van der Waals surface area contributed by atoms with E-state index in [1.54, 1.807) is 32.1 Å². The van der Waals surface area contributed by atoms with E-state index in [4.69, 9.17) is 0 Å². The van der Waals surface area contributed by atoms with Crippen molar-refractivity contribution in [1.82, 2.24) is 0 Å². The summed E-state index contributed by atoms with van der Waals surface area (Å²) < 4.78 is 0. The summed E-state index contributed by atoms with van der Waals surface area (Å²) in [6.45, 7) is 0. The van der Waals surface area contributed by atoms with Crippen LogP contribution in [-0.2, 0) is 0 Å². The van der Waals surface area contributed by atoms with E-state index in [9.17, 15) is 0 Å². The van der Waals surface area contributed by atoms with Crippen LogP contribution in [0.1, 0.15) is 32.1 Å². The molecule has 0 aromatic heterocycles. The molecular weight excluding hydrogens is 252 g/mol. The van der Waals surface area contributed by atoms with Crippen molar-refractivity contribution >= 4 is 0 Å². The van der Waals surface area contributed by atoms with Crippen LogP contribution in [0.15, 0.2) is 0 Å². The molecule has 0 heteroatoms. The average Bonchev–Trinajstić information content (AvgIpc) is 2.45. The summed E-state index contributed by atoms with van der Waals surface area (Å²) in [7, 11) is 0. The molecule has 11 saturated carbocycles. The molecule has 106 valence electrons. The van der Waals surface area contributed by atoms with E-state index in [-0.39, 0.29) is 0 Å². The molecule has 16 atom stereocenters. The van der Waals surface area contributed by atoms with Crippen LogP contribution in [0.3, 0.4) is 0 Å². The zero-order chi connectivity index (χ0) is 12.5. The maximum Gasteiger partial charge on any atom is -0.00965 e. The Labute approximate surface area is 125 Å². The van der Waals surface area contributed by atoms with E-state index in [0.717, 1.165) is 21.7 Å². The monoisotopic (exact) mass is 274 g/mol. The Bertz CT molecular complexity index is 779. The molecule has 16 unspecified atom stereocenters. The summed E-state index contributed by atoms with van der Waals surface area (Å²) >= 11 is 0. The van der Waals surface area contributed by atoms with Crippen LogP contribution in [0.2, 0.25) is 0 Å². The maximum atomic E-state index is 1.74. The van der Waals surface area contributed by atoms with Gasteiger partial charge in [-0.25, -0.2) is 0 Å². The highest BCUT2D eigenvalue weighted by Crippen LogP contribution is 3.24. The van der Waals surface area contributed by atoms with Gasteiger partial charge in [0.2, 0.25) is 0 Å². The van der Waals surface area contributed by atoms with Gasteiger partial charge in [-0.15, -0.1) is 0 Å². The Kier molecular flexibility index (Phi) is 0.711. The summed E-state index contributed by atoms with van der Waals surface area (Å²) in [4.78, 5) is 0. The van der Waals surface area contributed by atoms with Gasteiger partial charge in [-0.05, 0) is 125 Å². The van der Waals surface area contributed by atoms with Crippen LogP contribution in [0, 0.1) is 92.7 Å². The van der Waals surface area contributed by atoms with E-state index in [2.05, 4.69) is 0 Å². The molecule has 0 saturated heterocycles. The van der Waals surface area contributed by atoms with Crippen molar-refractivity contribution in [2.75, 3.05) is 0 Å². The molecule has 0 N–H and O–H groups in total. The lowest BCUT2D eigenvalue weighted by molar-refractivity contribution is -0.766. The minimum absolute atomic E-state index is 1.04. The molecule has 11 aliphatic carbocycles. The molecule has 0 heterocycles. The van der Waals surface area contributed by atoms with Crippen molar-refractivity contribution in [1.29, 1.82) is 0 Å². The van der Waals surface area contributed by atoms with Crippen molar-refractivity contribution in [2.45, 2.75) is 32.1 Å². The van der Waals surface area contributed by atoms with Gasteiger partial charge < -0.3 is 0 Å². The smallest absolute Gasteiger partial charge is 0.00965 e. The standard InChI is InChI=1S/C21H22/c1-2-7-4-10-14-15-11-5-9-8-3-6(1)12-16-17-13(8)19(9,11)21(15,17)20(14,16)18(7,10)12/h6-17H,1-5H2. The minimum Gasteiger partial charge on any atom is -0.0499 e. The molecule has 11 aliphatic rings. The van der Waals surface area contributed by atoms with Gasteiger partial charge in [0.15, 0.2) is 0 Å². The average molecular weight is 274 g/mol. The zero-order valence-electron chi connectivity index (χ0n) is 12.5. The van der Waals surface area contributed by atoms with Gasteiger partial charge in [0.1, 0.15) is 0 Å². The highest BCUT2D eigenvalue weighted by Gasteiger charge is 3.21. The van der Waals surface area contributed by atoms with E-state index in [1.807, 2.05) is 0 Å². The minimum atomic E-state index is 1.04. The van der Waals surface area contributed by atoms with E-state index in [1.165, 1.54) is 71.0 Å². The molecular formula is C21H22. The predicted octanol–water partition coefficient (Wildman–Crippen LogP) is 3.43. The van der Waals surface area contributed by atoms with Crippen LogP contribution < -0.4 is 0 Å². The molecule has 0 amide bonds. The Morgan fingerprint density at radius 2 is 1.38 bits per heavy atom. The van der Waals surface area contributed by atoms with Crippen LogP contribution >= 0.6 is 0 Å². The van der Waals surface area contributed by atoms with Crippen molar-refractivity contribution in [3.63, 3.8) is 0 Å². The molecule has 11 fully saturated rings. The van der Waals surface area contributed by atoms with Gasteiger partial charge in [0.25, 0.3) is 0 Å². The fraction of sp³-hybridized carbons (Fsp3) is 1.00. The van der Waals surface area contributed by atoms with E-state index < -0.39 is 0 Å². The van der Waals surface area contributed by atoms with E-state index >= 15 is 0 Å². The second kappa shape index (κ2) is 1.71. The fourth-order valence-corrected chi connectivity index (χ4v) is 15.9. The predicted molar refractivity (Wildman–Crippen MR) is 74.7 cm³/mol. The Hall–Kier alpha value is 0. The summed E-state index contributed by atoms with van der Waals surface area (Å²) in [6, 6.07) is 0. The number of rotatable bonds is 0. The first-order valence-electron chi connectivity index (χ1n) is 10.4. The first-order chi connectivity index (χ1) is 10.4. The summed E-state index contributed by atoms with van der Waals surface area (Å²) in [5.74, 6) is 15.7. The second-order valence-electron chi connectivity index (χ2n) is 12.0. The molecule has 4 spiro atoms. The van der Waals surface area contributed by atoms with Crippen LogP contribution in [0.25, 0.3) is 0 Å². The highest BCUT2D eigenvalue weighted by atomic mass is 15.2. The van der Waals surface area contributed by atoms with Gasteiger partial charge in [-0.3, -0.25) is 0 Å². The summed E-state index contributed by atoms with van der Waals surface area (Å²) in [5, 5.41) is 0. The van der Waals surface area contributed by atoms with Crippen LogP contribution in [-0.4, -0.2) is 0 Å². The molecule has 0 nitrogen and oxygen atoms in total. The molecule has 21 heavy (non-hydrogen) atoms. The van der Waals surface area contributed by atoms with Gasteiger partial charge in [-0.1, -0.05) is 0 Å². The van der Waals surface area contributed by atoms with Crippen molar-refractivity contribution in [3.05, 3.63) is 0 Å². The number of hydrogen-bond donors (Lipinski definition) is 0. The molecule has 0 radical (unpaired) electrons. The molecule has 0 aromatic carbocycles. The first-order valence-corrected chi connectivity index (χ1v) is 10.4. The molecule has 0 bridgehead atoms. The lowest BCUT2D eigenvalue weighted by atomic mass is 8.81. The van der Waals surface area contributed by atoms with Crippen molar-refractivity contribution < 1.29 is 0 Å². The fourth-order valence-electron chi connectivity index (χ4n) is 15.9. The van der Waals surface area contributed by atoms with Gasteiger partial charge in [0, 0.05) is 0 Å². The van der Waals surface area contributed by atoms with Gasteiger partial charge in [0.05, 0.1) is 0 Å². The molecule has 0 aliphatic heterocycles. The first kappa shape index (κ1) is 8.74. The second-order valence-corrected chi connectivity index (χ2v) is 12.0. The third kappa shape index (κ3) is 0.331. The largest absolute Gasteiger partial charge is 0.0499 e. The van der Waals surface area contributed by atoms with E-state index in [0.29, 0.717) is 0 Å². The van der Waals surface area contributed by atoms with Crippen molar-refractivity contribution in [2.24, 2.45) is 92.7 Å². The lowest BCUT2D eigenvalue weighted by Gasteiger charge is -3.22. The van der Waals surface area contributed by atoms with Crippen LogP contribution in [0.4, 0.5) is 0 Å². The summed E-state index contributed by atoms with van der Waals surface area (Å²) in [5.41, 5.74) is 4.28. The molecule has 0 aromatic rings. The van der Waals surface area contributed by atoms with Crippen molar-refractivity contribution in [3.8, 4) is 0 Å². The highest BCUT2D eigenvalue weighted by molar-refractivity contribution is 5.67. The quantitative estimate of drug-likeness (QED) is 0.635. The Morgan fingerprint density at radius 3 is 2.33 bits per heavy atom. The Morgan fingerprint density at radius 1 is 0.571 bits per heavy atom. The Balaban J connectivity index is 1.34. The maximum absolute atomic E-state index is 1.74. The summed E-state index contributed by atoms with van der Waals surface area (Å²) in [6.07, 6.45) is 8.55. The normalized spacial score (nSPS) is 104. The van der Waals surface area contributed by atoms with Crippen LogP contribution in [0.5, 0.6) is 0 Å². The number of fused-ring (bicyclic) bond motifs is 4. The zero-order valence-corrected chi connectivity index (χ0v) is 12.5. The lowest BCUT2D eigenvalue weighted by Crippen LogP contribution is -3.20. The van der Waals surface area contributed by atoms with Gasteiger partial charge >= 0.3 is 0 Å². The topological polar surface area (TPSA) is 0 Å². The number of hydrogen-bond acceptors (Lipinski definition) is 0.